The predicted molar refractivity (Wildman–Crippen MR) is 87.4 cm³/mol. The lowest BCUT2D eigenvalue weighted by molar-refractivity contribution is 0.306. The molecule has 1 nitrogen and oxygen atoms in total. The molecule has 0 aliphatic carbocycles. The van der Waals surface area contributed by atoms with Crippen molar-refractivity contribution >= 4 is 0 Å². The number of hydrogen-bond donors (Lipinski definition) is 0. The maximum atomic E-state index is 5.81. The summed E-state index contributed by atoms with van der Waals surface area (Å²) in [6, 6.07) is 26.9. The molecule has 3 rings (SSSR count). The fraction of sp³-hybridized carbons (Fsp3) is 0.100. The maximum absolute atomic E-state index is 5.81. The van der Waals surface area contributed by atoms with Crippen molar-refractivity contribution in [3.8, 4) is 16.9 Å². The highest BCUT2D eigenvalue weighted by Crippen LogP contribution is 2.25. The molecule has 0 aromatic heterocycles. The van der Waals surface area contributed by atoms with Gasteiger partial charge in [0.05, 0.1) is 0 Å². The first kappa shape index (κ1) is 13.4. The van der Waals surface area contributed by atoms with E-state index < -0.39 is 0 Å². The van der Waals surface area contributed by atoms with Gasteiger partial charge in [0.25, 0.3) is 0 Å². The van der Waals surface area contributed by atoms with Gasteiger partial charge in [0.2, 0.25) is 0 Å². The minimum Gasteiger partial charge on any atom is -0.489 e. The summed E-state index contributed by atoms with van der Waals surface area (Å²) >= 11 is 0. The fourth-order valence-electron chi connectivity index (χ4n) is 2.37. The summed E-state index contributed by atoms with van der Waals surface area (Å²) in [5.74, 6) is 0.899. The van der Waals surface area contributed by atoms with Crippen LogP contribution in [0.5, 0.6) is 5.75 Å². The normalized spacial score (nSPS) is 10.3. The summed E-state index contributed by atoms with van der Waals surface area (Å²) in [5.41, 5.74) is 4.96. The van der Waals surface area contributed by atoms with Crippen molar-refractivity contribution in [2.24, 2.45) is 0 Å². The molecule has 0 saturated heterocycles. The third kappa shape index (κ3) is 3.32. The molecular formula is C20H18O. The van der Waals surface area contributed by atoms with Crippen LogP contribution in [0.2, 0.25) is 0 Å². The maximum Gasteiger partial charge on any atom is 0.119 e. The molecule has 21 heavy (non-hydrogen) atoms. The van der Waals surface area contributed by atoms with Gasteiger partial charge in [-0.05, 0) is 41.3 Å². The number of rotatable bonds is 4. The van der Waals surface area contributed by atoms with Crippen LogP contribution in [-0.4, -0.2) is 0 Å². The van der Waals surface area contributed by atoms with E-state index in [-0.39, 0.29) is 0 Å². The van der Waals surface area contributed by atoms with E-state index in [4.69, 9.17) is 4.74 Å². The van der Waals surface area contributed by atoms with Crippen molar-refractivity contribution in [2.75, 3.05) is 0 Å². The molecular weight excluding hydrogens is 256 g/mol. The van der Waals surface area contributed by atoms with Crippen LogP contribution in [0.25, 0.3) is 11.1 Å². The lowest BCUT2D eigenvalue weighted by Gasteiger charge is -2.09. The van der Waals surface area contributed by atoms with Crippen LogP contribution in [0, 0.1) is 6.92 Å². The van der Waals surface area contributed by atoms with Crippen LogP contribution < -0.4 is 4.74 Å². The molecule has 0 spiro atoms. The Bertz CT molecular complexity index is 699. The zero-order chi connectivity index (χ0) is 14.5. The molecule has 0 unspecified atom stereocenters. The van der Waals surface area contributed by atoms with Crippen LogP contribution >= 0.6 is 0 Å². The number of benzene rings is 3. The largest absolute Gasteiger partial charge is 0.489 e. The Kier molecular flexibility index (Phi) is 4.02. The Balaban J connectivity index is 1.71. The first-order valence-corrected chi connectivity index (χ1v) is 7.16. The molecule has 0 radical (unpaired) electrons. The van der Waals surface area contributed by atoms with Gasteiger partial charge < -0.3 is 4.74 Å². The van der Waals surface area contributed by atoms with E-state index >= 15 is 0 Å². The monoisotopic (exact) mass is 274 g/mol. The van der Waals surface area contributed by atoms with Gasteiger partial charge in [-0.25, -0.2) is 0 Å². The van der Waals surface area contributed by atoms with Gasteiger partial charge in [-0.3, -0.25) is 0 Å². The second kappa shape index (κ2) is 6.27. The Morgan fingerprint density at radius 3 is 2.10 bits per heavy atom. The molecule has 3 aromatic carbocycles. The highest BCUT2D eigenvalue weighted by atomic mass is 16.5. The third-order valence-electron chi connectivity index (χ3n) is 3.56. The average Bonchev–Trinajstić information content (AvgIpc) is 2.55. The molecule has 0 N–H and O–H groups in total. The van der Waals surface area contributed by atoms with Crippen molar-refractivity contribution in [3.05, 3.63) is 90.0 Å². The lowest BCUT2D eigenvalue weighted by atomic mass is 10.0. The van der Waals surface area contributed by atoms with E-state index in [0.717, 1.165) is 5.75 Å². The molecule has 0 fully saturated rings. The molecule has 0 aliphatic rings. The Morgan fingerprint density at radius 2 is 1.38 bits per heavy atom. The van der Waals surface area contributed by atoms with E-state index in [2.05, 4.69) is 55.5 Å². The van der Waals surface area contributed by atoms with E-state index in [1.165, 1.54) is 22.3 Å². The minimum absolute atomic E-state index is 0.602. The summed E-state index contributed by atoms with van der Waals surface area (Å²) in [6.45, 7) is 2.74. The topological polar surface area (TPSA) is 9.23 Å². The zero-order valence-corrected chi connectivity index (χ0v) is 12.1. The molecule has 0 amide bonds. The highest BCUT2D eigenvalue weighted by Gasteiger charge is 2.01. The number of ether oxygens (including phenoxy) is 1. The highest BCUT2D eigenvalue weighted by molar-refractivity contribution is 5.67. The molecule has 0 bridgehead atoms. The standard InChI is InChI=1S/C20H18O/c1-16-7-5-6-10-20(16)18-11-13-19(14-12-18)21-15-17-8-3-2-4-9-17/h2-14H,15H2,1H3. The van der Waals surface area contributed by atoms with Crippen LogP contribution in [0.15, 0.2) is 78.9 Å². The van der Waals surface area contributed by atoms with Crippen LogP contribution in [0.4, 0.5) is 0 Å². The fourth-order valence-corrected chi connectivity index (χ4v) is 2.37. The van der Waals surface area contributed by atoms with Crippen molar-refractivity contribution < 1.29 is 4.74 Å². The summed E-state index contributed by atoms with van der Waals surface area (Å²) < 4.78 is 5.81. The number of hydrogen-bond acceptors (Lipinski definition) is 1. The summed E-state index contributed by atoms with van der Waals surface area (Å²) in [5, 5.41) is 0. The Morgan fingerprint density at radius 1 is 0.714 bits per heavy atom. The second-order valence-electron chi connectivity index (χ2n) is 5.11. The van der Waals surface area contributed by atoms with Crippen LogP contribution in [-0.2, 0) is 6.61 Å². The summed E-state index contributed by atoms with van der Waals surface area (Å²) in [4.78, 5) is 0. The minimum atomic E-state index is 0.602. The lowest BCUT2D eigenvalue weighted by Crippen LogP contribution is -1.94. The number of aryl methyl sites for hydroxylation is 1. The summed E-state index contributed by atoms with van der Waals surface area (Å²) in [6.07, 6.45) is 0. The smallest absolute Gasteiger partial charge is 0.119 e. The molecule has 104 valence electrons. The summed E-state index contributed by atoms with van der Waals surface area (Å²) in [7, 11) is 0. The van der Waals surface area contributed by atoms with Crippen molar-refractivity contribution in [1.82, 2.24) is 0 Å². The van der Waals surface area contributed by atoms with Gasteiger partial charge in [0.1, 0.15) is 12.4 Å². The van der Waals surface area contributed by atoms with Crippen molar-refractivity contribution in [1.29, 1.82) is 0 Å². The Labute approximate surface area is 125 Å². The first-order chi connectivity index (χ1) is 10.3. The third-order valence-corrected chi connectivity index (χ3v) is 3.56. The average molecular weight is 274 g/mol. The van der Waals surface area contributed by atoms with Crippen molar-refractivity contribution in [3.63, 3.8) is 0 Å². The molecule has 0 atom stereocenters. The SMILES string of the molecule is Cc1ccccc1-c1ccc(OCc2ccccc2)cc1. The molecule has 0 aliphatic heterocycles. The quantitative estimate of drug-likeness (QED) is 0.632. The van der Waals surface area contributed by atoms with Gasteiger partial charge in [-0.2, -0.15) is 0 Å². The van der Waals surface area contributed by atoms with E-state index in [9.17, 15) is 0 Å². The van der Waals surface area contributed by atoms with Gasteiger partial charge in [-0.1, -0.05) is 66.7 Å². The van der Waals surface area contributed by atoms with E-state index in [1.54, 1.807) is 0 Å². The molecule has 1 heteroatoms. The second-order valence-corrected chi connectivity index (χ2v) is 5.11. The van der Waals surface area contributed by atoms with Gasteiger partial charge in [-0.15, -0.1) is 0 Å². The molecule has 3 aromatic rings. The van der Waals surface area contributed by atoms with Crippen LogP contribution in [0.1, 0.15) is 11.1 Å². The zero-order valence-electron chi connectivity index (χ0n) is 12.1. The van der Waals surface area contributed by atoms with Gasteiger partial charge in [0.15, 0.2) is 0 Å². The first-order valence-electron chi connectivity index (χ1n) is 7.16. The Hall–Kier alpha value is -2.54. The van der Waals surface area contributed by atoms with E-state index in [1.807, 2.05) is 30.3 Å². The molecule has 0 saturated carbocycles. The van der Waals surface area contributed by atoms with Gasteiger partial charge in [0, 0.05) is 0 Å². The molecule has 0 heterocycles. The van der Waals surface area contributed by atoms with Crippen molar-refractivity contribution in [2.45, 2.75) is 13.5 Å². The predicted octanol–water partition coefficient (Wildman–Crippen LogP) is 5.24. The van der Waals surface area contributed by atoms with Gasteiger partial charge >= 0.3 is 0 Å². The van der Waals surface area contributed by atoms with Crippen LogP contribution in [0.3, 0.4) is 0 Å². The van der Waals surface area contributed by atoms with E-state index in [0.29, 0.717) is 6.61 Å².